The number of hydrogen-bond donors (Lipinski definition) is 2. The topological polar surface area (TPSA) is 92.8 Å². The minimum Gasteiger partial charge on any atom is -0.395 e. The fraction of sp³-hybridized carbons (Fsp3) is 0.500. The van der Waals surface area contributed by atoms with Crippen molar-refractivity contribution < 1.29 is 4.79 Å². The number of amides is 1. The molecule has 1 atom stereocenters. The van der Waals surface area contributed by atoms with Gasteiger partial charge in [0.05, 0.1) is 11.4 Å². The Morgan fingerprint density at radius 1 is 1.52 bits per heavy atom. The molecule has 21 heavy (non-hydrogen) atoms. The van der Waals surface area contributed by atoms with Crippen molar-refractivity contribution in [2.75, 3.05) is 18.8 Å². The van der Waals surface area contributed by atoms with Crippen LogP contribution in [0.2, 0.25) is 0 Å². The van der Waals surface area contributed by atoms with Crippen LogP contribution in [0, 0.1) is 6.92 Å². The van der Waals surface area contributed by atoms with E-state index >= 15 is 0 Å². The zero-order valence-electron chi connectivity index (χ0n) is 12.3. The Balaban J connectivity index is 1.81. The highest BCUT2D eigenvalue weighted by Crippen LogP contribution is 2.27. The van der Waals surface area contributed by atoms with Crippen LogP contribution in [0.4, 0.5) is 5.69 Å². The normalized spacial score (nSPS) is 19.0. The molecule has 1 amide bonds. The number of hydrogen-bond acceptors (Lipinski definition) is 4. The van der Waals surface area contributed by atoms with Gasteiger partial charge in [-0.15, -0.1) is 0 Å². The van der Waals surface area contributed by atoms with Gasteiger partial charge in [-0.05, 0) is 25.8 Å². The monoisotopic (exact) mass is 288 g/mol. The lowest BCUT2D eigenvalue weighted by Gasteiger charge is -2.32. The zero-order valence-corrected chi connectivity index (χ0v) is 12.3. The Kier molecular flexibility index (Phi) is 3.40. The van der Waals surface area contributed by atoms with Crippen molar-refractivity contribution in [2.24, 2.45) is 7.05 Å². The lowest BCUT2D eigenvalue weighted by molar-refractivity contribution is 0.0696. The van der Waals surface area contributed by atoms with Gasteiger partial charge in [0, 0.05) is 37.9 Å². The van der Waals surface area contributed by atoms with Crippen molar-refractivity contribution in [3.05, 3.63) is 29.3 Å². The smallest absolute Gasteiger partial charge is 0.274 e. The van der Waals surface area contributed by atoms with Crippen LogP contribution < -0.4 is 5.73 Å². The fourth-order valence-electron chi connectivity index (χ4n) is 2.99. The molecule has 0 aromatic carbocycles. The van der Waals surface area contributed by atoms with E-state index in [1.165, 1.54) is 0 Å². The van der Waals surface area contributed by atoms with Gasteiger partial charge in [-0.25, -0.2) is 0 Å². The van der Waals surface area contributed by atoms with E-state index in [-0.39, 0.29) is 5.91 Å². The number of carbonyl (C=O) groups is 1. The number of anilines is 1. The number of nitrogens with zero attached hydrogens (tertiary/aromatic N) is 4. The summed E-state index contributed by atoms with van der Waals surface area (Å²) in [6.45, 7) is 3.26. The number of nitrogen functional groups attached to an aromatic ring is 1. The number of aromatic amines is 1. The van der Waals surface area contributed by atoms with Gasteiger partial charge in [-0.3, -0.25) is 14.6 Å². The molecule has 0 radical (unpaired) electrons. The first-order chi connectivity index (χ1) is 10.1. The Hall–Kier alpha value is -2.31. The lowest BCUT2D eigenvalue weighted by Crippen LogP contribution is -2.40. The summed E-state index contributed by atoms with van der Waals surface area (Å²) >= 11 is 0. The number of likely N-dealkylation sites (tertiary alicyclic amines) is 1. The summed E-state index contributed by atoms with van der Waals surface area (Å²) in [4.78, 5) is 14.6. The maximum Gasteiger partial charge on any atom is 0.274 e. The molecule has 112 valence electrons. The molecule has 1 aliphatic heterocycles. The van der Waals surface area contributed by atoms with Crippen molar-refractivity contribution in [1.29, 1.82) is 0 Å². The molecule has 7 nitrogen and oxygen atoms in total. The number of aryl methyl sites for hydroxylation is 2. The van der Waals surface area contributed by atoms with Gasteiger partial charge in [0.2, 0.25) is 0 Å². The summed E-state index contributed by atoms with van der Waals surface area (Å²) in [5, 5.41) is 11.2. The number of nitrogens with two attached hydrogens (primary N) is 1. The van der Waals surface area contributed by atoms with Gasteiger partial charge in [0.25, 0.3) is 5.91 Å². The quantitative estimate of drug-likeness (QED) is 0.864. The van der Waals surface area contributed by atoms with Crippen LogP contribution >= 0.6 is 0 Å². The molecule has 0 aliphatic carbocycles. The molecule has 1 unspecified atom stereocenters. The zero-order chi connectivity index (χ0) is 15.0. The Labute approximate surface area is 123 Å². The fourth-order valence-corrected chi connectivity index (χ4v) is 2.99. The summed E-state index contributed by atoms with van der Waals surface area (Å²) < 4.78 is 1.58. The molecular formula is C14H20N6O. The van der Waals surface area contributed by atoms with Crippen LogP contribution in [-0.2, 0) is 7.05 Å². The van der Waals surface area contributed by atoms with Crippen molar-refractivity contribution in [2.45, 2.75) is 25.7 Å². The highest BCUT2D eigenvalue weighted by molar-refractivity contribution is 5.98. The number of nitrogens with one attached hydrogen (secondary N) is 1. The molecular weight excluding hydrogens is 268 g/mol. The maximum absolute atomic E-state index is 12.7. The van der Waals surface area contributed by atoms with Crippen molar-refractivity contribution in [3.8, 4) is 0 Å². The summed E-state index contributed by atoms with van der Waals surface area (Å²) in [7, 11) is 1.76. The van der Waals surface area contributed by atoms with Crippen LogP contribution in [0.15, 0.2) is 12.3 Å². The van der Waals surface area contributed by atoms with E-state index < -0.39 is 0 Å². The van der Waals surface area contributed by atoms with E-state index in [4.69, 9.17) is 5.73 Å². The summed E-state index contributed by atoms with van der Waals surface area (Å²) in [6.07, 6.45) is 3.79. The minimum absolute atomic E-state index is 0.0418. The van der Waals surface area contributed by atoms with Gasteiger partial charge < -0.3 is 10.6 Å². The molecule has 3 rings (SSSR count). The minimum atomic E-state index is -0.0418. The largest absolute Gasteiger partial charge is 0.395 e. The number of carbonyl (C=O) groups excluding carboxylic acids is 1. The first-order valence-corrected chi connectivity index (χ1v) is 7.15. The number of rotatable bonds is 2. The van der Waals surface area contributed by atoms with Crippen LogP contribution in [0.25, 0.3) is 0 Å². The molecule has 3 N–H and O–H groups in total. The predicted octanol–water partition coefficient (Wildman–Crippen LogP) is 1.05. The highest BCUT2D eigenvalue weighted by atomic mass is 16.2. The molecule has 3 heterocycles. The summed E-state index contributed by atoms with van der Waals surface area (Å²) in [6, 6.07) is 1.97. The first kappa shape index (κ1) is 13.7. The third-order valence-electron chi connectivity index (χ3n) is 4.14. The van der Waals surface area contributed by atoms with Gasteiger partial charge in [-0.2, -0.15) is 10.2 Å². The average molecular weight is 288 g/mol. The molecule has 1 saturated heterocycles. The second-order valence-corrected chi connectivity index (χ2v) is 5.57. The number of piperidine rings is 1. The molecule has 2 aromatic heterocycles. The Bertz CT molecular complexity index is 645. The van der Waals surface area contributed by atoms with Crippen LogP contribution in [0.1, 0.15) is 40.6 Å². The SMILES string of the molecule is Cc1nn(C)c(C(=O)N2CCCC(c3ccn[nH]3)C2)c1N. The molecule has 0 saturated carbocycles. The molecule has 2 aromatic rings. The molecule has 0 bridgehead atoms. The first-order valence-electron chi connectivity index (χ1n) is 7.15. The van der Waals surface area contributed by atoms with E-state index in [0.29, 0.717) is 29.5 Å². The predicted molar refractivity (Wildman–Crippen MR) is 78.8 cm³/mol. The maximum atomic E-state index is 12.7. The van der Waals surface area contributed by atoms with Crippen LogP contribution in [0.5, 0.6) is 0 Å². The third-order valence-corrected chi connectivity index (χ3v) is 4.14. The van der Waals surface area contributed by atoms with Crippen molar-refractivity contribution >= 4 is 11.6 Å². The summed E-state index contributed by atoms with van der Waals surface area (Å²) in [5.41, 5.74) is 8.74. The second kappa shape index (κ2) is 5.23. The van der Waals surface area contributed by atoms with Gasteiger partial charge in [0.1, 0.15) is 5.69 Å². The molecule has 0 spiro atoms. The lowest BCUT2D eigenvalue weighted by atomic mass is 9.94. The summed E-state index contributed by atoms with van der Waals surface area (Å²) in [5.74, 6) is 0.264. The van der Waals surface area contributed by atoms with E-state index in [9.17, 15) is 4.79 Å². The Morgan fingerprint density at radius 2 is 2.33 bits per heavy atom. The Morgan fingerprint density at radius 3 is 2.95 bits per heavy atom. The van der Waals surface area contributed by atoms with E-state index in [1.807, 2.05) is 17.9 Å². The average Bonchev–Trinajstić information content (AvgIpc) is 3.08. The van der Waals surface area contributed by atoms with Crippen molar-refractivity contribution in [1.82, 2.24) is 24.9 Å². The van der Waals surface area contributed by atoms with Crippen LogP contribution in [0.3, 0.4) is 0 Å². The number of H-pyrrole nitrogens is 1. The standard InChI is InChI=1S/C14H20N6O/c1-9-12(15)13(19(2)18-9)14(21)20-7-3-4-10(8-20)11-5-6-16-17-11/h5-6,10H,3-4,7-8,15H2,1-2H3,(H,16,17). The third kappa shape index (κ3) is 2.39. The highest BCUT2D eigenvalue weighted by Gasteiger charge is 2.29. The number of aromatic nitrogens is 4. The van der Waals surface area contributed by atoms with E-state index in [2.05, 4.69) is 15.3 Å². The van der Waals surface area contributed by atoms with Gasteiger partial charge in [0.15, 0.2) is 0 Å². The van der Waals surface area contributed by atoms with Gasteiger partial charge in [-0.1, -0.05) is 0 Å². The van der Waals surface area contributed by atoms with E-state index in [0.717, 1.165) is 25.1 Å². The van der Waals surface area contributed by atoms with Crippen molar-refractivity contribution in [3.63, 3.8) is 0 Å². The second-order valence-electron chi connectivity index (χ2n) is 5.57. The molecule has 1 fully saturated rings. The molecule has 1 aliphatic rings. The van der Waals surface area contributed by atoms with Crippen LogP contribution in [-0.4, -0.2) is 43.9 Å². The van der Waals surface area contributed by atoms with E-state index in [1.54, 1.807) is 17.9 Å². The van der Waals surface area contributed by atoms with Gasteiger partial charge >= 0.3 is 0 Å². The molecule has 7 heteroatoms.